The van der Waals surface area contributed by atoms with Crippen molar-refractivity contribution in [3.8, 4) is 22.9 Å². The number of nitrogens with one attached hydrogen (secondary N) is 1. The number of ether oxygens (including phenoxy) is 4. The predicted octanol–water partition coefficient (Wildman–Crippen LogP) is 1.89. The number of hydrogen-bond acceptors (Lipinski definition) is 9. The summed E-state index contributed by atoms with van der Waals surface area (Å²) in [5.74, 6) is 2.46. The van der Waals surface area contributed by atoms with Gasteiger partial charge in [-0.05, 0) is 72.6 Å². The molecule has 1 fully saturated rings. The van der Waals surface area contributed by atoms with E-state index in [0.29, 0.717) is 35.2 Å². The average Bonchev–Trinajstić information content (AvgIpc) is 3.68. The van der Waals surface area contributed by atoms with Crippen molar-refractivity contribution >= 4 is 5.91 Å². The topological polar surface area (TPSA) is 113 Å². The first-order chi connectivity index (χ1) is 17.6. The largest absolute Gasteiger partial charge is 0.492 e. The molecule has 4 heterocycles. The van der Waals surface area contributed by atoms with Crippen LogP contribution in [-0.2, 0) is 11.2 Å². The number of methoxy groups -OCH3 is 1. The van der Waals surface area contributed by atoms with Gasteiger partial charge in [0.25, 0.3) is 5.91 Å². The molecule has 2 aromatic carbocycles. The van der Waals surface area contributed by atoms with Gasteiger partial charge in [0.15, 0.2) is 17.3 Å². The first-order valence-corrected chi connectivity index (χ1v) is 12.1. The number of aromatic nitrogens is 4. The van der Waals surface area contributed by atoms with Crippen LogP contribution in [0.25, 0.3) is 5.69 Å². The Morgan fingerprint density at radius 2 is 2.11 bits per heavy atom. The number of rotatable bonds is 6. The first kappa shape index (κ1) is 22.7. The molecule has 11 nitrogen and oxygen atoms in total. The fourth-order valence-corrected chi connectivity index (χ4v) is 5.18. The second-order valence-electron chi connectivity index (χ2n) is 9.19. The fraction of sp³-hybridized carbons (Fsp3) is 0.440. The Labute approximate surface area is 208 Å². The predicted molar refractivity (Wildman–Crippen MR) is 128 cm³/mol. The molecule has 0 saturated carbocycles. The van der Waals surface area contributed by atoms with E-state index in [1.54, 1.807) is 23.9 Å². The van der Waals surface area contributed by atoms with Gasteiger partial charge in [0, 0.05) is 30.8 Å². The minimum atomic E-state index is -0.261. The molecule has 0 spiro atoms. The summed E-state index contributed by atoms with van der Waals surface area (Å²) in [6, 6.07) is 9.02. The molecule has 6 rings (SSSR count). The number of benzene rings is 2. The zero-order chi connectivity index (χ0) is 24.6. The number of hydrogen-bond donors (Lipinski definition) is 1. The number of carbonyl (C=O) groups excluding carboxylic acids is 1. The second kappa shape index (κ2) is 9.40. The van der Waals surface area contributed by atoms with Crippen molar-refractivity contribution in [3.63, 3.8) is 0 Å². The van der Waals surface area contributed by atoms with Crippen LogP contribution in [0.2, 0.25) is 0 Å². The van der Waals surface area contributed by atoms with Crippen molar-refractivity contribution in [1.82, 2.24) is 30.4 Å². The summed E-state index contributed by atoms with van der Waals surface area (Å²) in [7, 11) is 3.67. The zero-order valence-electron chi connectivity index (χ0n) is 20.3. The molecule has 0 radical (unpaired) electrons. The Bertz CT molecular complexity index is 1270. The average molecular weight is 493 g/mol. The third-order valence-electron chi connectivity index (χ3n) is 7.02. The number of amides is 1. The normalized spacial score (nSPS) is 20.8. The molecule has 36 heavy (non-hydrogen) atoms. The maximum absolute atomic E-state index is 12.6. The van der Waals surface area contributed by atoms with E-state index in [4.69, 9.17) is 18.9 Å². The van der Waals surface area contributed by atoms with Crippen molar-refractivity contribution in [1.29, 1.82) is 0 Å². The Balaban J connectivity index is 1.30. The highest BCUT2D eigenvalue weighted by Crippen LogP contribution is 2.50. The van der Waals surface area contributed by atoms with Crippen LogP contribution in [0.4, 0.5) is 0 Å². The van der Waals surface area contributed by atoms with Crippen LogP contribution in [-0.4, -0.2) is 77.8 Å². The second-order valence-corrected chi connectivity index (χ2v) is 9.19. The molecule has 3 aromatic rings. The number of fused-ring (bicyclic) bond motifs is 2. The van der Waals surface area contributed by atoms with E-state index in [1.807, 2.05) is 25.2 Å². The number of tetrazole rings is 1. The van der Waals surface area contributed by atoms with Gasteiger partial charge < -0.3 is 24.3 Å². The zero-order valence-corrected chi connectivity index (χ0v) is 20.3. The summed E-state index contributed by atoms with van der Waals surface area (Å²) in [5, 5.41) is 15.6. The van der Waals surface area contributed by atoms with Gasteiger partial charge in [-0.15, -0.1) is 5.10 Å². The van der Waals surface area contributed by atoms with Crippen molar-refractivity contribution in [3.05, 3.63) is 52.8 Å². The molecular weight excluding hydrogens is 464 g/mol. The molecule has 0 bridgehead atoms. The summed E-state index contributed by atoms with van der Waals surface area (Å²) in [5.41, 5.74) is 3.41. The molecule has 0 unspecified atom stereocenters. The lowest BCUT2D eigenvalue weighted by atomic mass is 9.90. The molecule has 188 valence electrons. The van der Waals surface area contributed by atoms with Crippen LogP contribution < -0.4 is 19.5 Å². The smallest absolute Gasteiger partial charge is 0.251 e. The summed E-state index contributed by atoms with van der Waals surface area (Å²) in [6.45, 7) is 2.27. The van der Waals surface area contributed by atoms with Crippen molar-refractivity contribution in [2.24, 2.45) is 0 Å². The fourth-order valence-electron chi connectivity index (χ4n) is 5.18. The van der Waals surface area contributed by atoms with Gasteiger partial charge in [0.1, 0.15) is 6.04 Å². The highest BCUT2D eigenvalue weighted by molar-refractivity contribution is 5.94. The lowest BCUT2D eigenvalue weighted by Gasteiger charge is -2.34. The van der Waals surface area contributed by atoms with Gasteiger partial charge in [-0.2, -0.15) is 4.68 Å². The van der Waals surface area contributed by atoms with Crippen molar-refractivity contribution in [2.45, 2.75) is 31.4 Å². The monoisotopic (exact) mass is 492 g/mol. The molecule has 1 aromatic heterocycles. The molecule has 11 heteroatoms. The number of carbonyl (C=O) groups is 1. The molecule has 2 atom stereocenters. The molecule has 0 aliphatic carbocycles. The first-order valence-electron chi connectivity index (χ1n) is 12.1. The molecule has 3 aliphatic rings. The lowest BCUT2D eigenvalue weighted by molar-refractivity contribution is 0.0858. The van der Waals surface area contributed by atoms with Gasteiger partial charge in [0.2, 0.25) is 12.5 Å². The molecule has 3 aliphatic heterocycles. The van der Waals surface area contributed by atoms with Crippen LogP contribution in [0.1, 0.15) is 46.2 Å². The number of nitrogens with zero attached hydrogens (tertiary/aromatic N) is 5. The molecule has 1 N–H and O–H groups in total. The Hall–Kier alpha value is -3.70. The molecule has 1 saturated heterocycles. The highest BCUT2D eigenvalue weighted by atomic mass is 16.7. The summed E-state index contributed by atoms with van der Waals surface area (Å²) in [4.78, 5) is 14.8. The van der Waals surface area contributed by atoms with Crippen LogP contribution in [0, 0.1) is 0 Å². The third-order valence-corrected chi connectivity index (χ3v) is 7.02. The van der Waals surface area contributed by atoms with E-state index < -0.39 is 0 Å². The van der Waals surface area contributed by atoms with Crippen LogP contribution in [0.5, 0.6) is 17.2 Å². The highest BCUT2D eigenvalue weighted by Gasteiger charge is 2.37. The van der Waals surface area contributed by atoms with Crippen molar-refractivity contribution in [2.75, 3.05) is 40.6 Å². The van der Waals surface area contributed by atoms with E-state index >= 15 is 0 Å². The third kappa shape index (κ3) is 3.94. The van der Waals surface area contributed by atoms with Gasteiger partial charge >= 0.3 is 0 Å². The van der Waals surface area contributed by atoms with Gasteiger partial charge in [-0.3, -0.25) is 9.69 Å². The lowest BCUT2D eigenvalue weighted by Crippen LogP contribution is -2.35. The van der Waals surface area contributed by atoms with E-state index in [0.717, 1.165) is 49.2 Å². The van der Waals surface area contributed by atoms with Crippen LogP contribution in [0.15, 0.2) is 30.3 Å². The van der Waals surface area contributed by atoms with E-state index in [1.165, 1.54) is 0 Å². The minimum absolute atomic E-state index is 0.0996. The standard InChI is InChI=1S/C25H28N6O5/c1-30-10-9-16-12-19-22(36-14-35-19)23(33-2)20(16)21(30)24-27-28-29-31(24)17-7-5-15(6-8-17)25(32)26-13-18-4-3-11-34-18/h5-8,12,18,21H,3-4,9-11,13-14H2,1-2H3,(H,26,32)/t18-,21+/m1/s1. The molecule has 1 amide bonds. The van der Waals surface area contributed by atoms with E-state index in [-0.39, 0.29) is 24.8 Å². The maximum atomic E-state index is 12.6. The van der Waals surface area contributed by atoms with Gasteiger partial charge in [-0.25, -0.2) is 0 Å². The van der Waals surface area contributed by atoms with E-state index in [2.05, 4.69) is 25.7 Å². The summed E-state index contributed by atoms with van der Waals surface area (Å²) in [6.07, 6.45) is 2.96. The van der Waals surface area contributed by atoms with Crippen LogP contribution in [0.3, 0.4) is 0 Å². The minimum Gasteiger partial charge on any atom is -0.492 e. The van der Waals surface area contributed by atoms with Gasteiger partial charge in [0.05, 0.1) is 18.9 Å². The van der Waals surface area contributed by atoms with E-state index in [9.17, 15) is 4.79 Å². The maximum Gasteiger partial charge on any atom is 0.251 e. The Kier molecular flexibility index (Phi) is 5.94. The van der Waals surface area contributed by atoms with Crippen molar-refractivity contribution < 1.29 is 23.7 Å². The van der Waals surface area contributed by atoms with Crippen LogP contribution >= 0.6 is 0 Å². The number of likely N-dealkylation sites (N-methyl/N-ethyl adjacent to an activating group) is 1. The summed E-state index contributed by atoms with van der Waals surface area (Å²) < 4.78 is 24.5. The van der Waals surface area contributed by atoms with Gasteiger partial charge in [-0.1, -0.05) is 0 Å². The summed E-state index contributed by atoms with van der Waals surface area (Å²) >= 11 is 0. The Morgan fingerprint density at radius 3 is 2.89 bits per heavy atom. The SMILES string of the molecule is COc1c2c(cc3c1[C@@H](c1nnnn1-c1ccc(C(=O)NC[C@H]4CCCO4)cc1)N(C)CC3)OCO2. The Morgan fingerprint density at radius 1 is 1.25 bits per heavy atom. The molecular formula is C25H28N6O5. The quantitative estimate of drug-likeness (QED) is 0.551.